The number of thioether (sulfide) groups is 1. The maximum absolute atomic E-state index is 12.8. The van der Waals surface area contributed by atoms with Gasteiger partial charge in [-0.3, -0.25) is 9.59 Å². The fraction of sp³-hybridized carbons (Fsp3) is 0.556. The number of benzene rings is 1. The molecule has 28 heavy (non-hydrogen) atoms. The number of ether oxygens (including phenoxy) is 1. The van der Waals surface area contributed by atoms with Crippen LogP contribution in [0.4, 0.5) is 0 Å². The van der Waals surface area contributed by atoms with Crippen molar-refractivity contribution in [3.05, 3.63) is 30.3 Å². The number of aliphatic hydroxyl groups excluding tert-OH is 2. The Balaban J connectivity index is 1.84. The number of piperazine rings is 1. The molecule has 0 spiro atoms. The van der Waals surface area contributed by atoms with Crippen molar-refractivity contribution in [3.63, 3.8) is 0 Å². The average molecular weight is 412 g/mol. The zero-order valence-electron chi connectivity index (χ0n) is 15.3. The molecule has 3 saturated heterocycles. The SMILES string of the molecule is C[C@](O)(CO)[C@H](O)[C@@]12NC(=O)[C@@](O)(NC1=O)C(CSc1ccccc1)CCO2. The van der Waals surface area contributed by atoms with E-state index in [-0.39, 0.29) is 13.0 Å². The normalized spacial score (nSPS) is 33.2. The summed E-state index contributed by atoms with van der Waals surface area (Å²) in [7, 11) is 0. The zero-order valence-corrected chi connectivity index (χ0v) is 16.1. The van der Waals surface area contributed by atoms with E-state index in [0.29, 0.717) is 5.75 Å². The second kappa shape index (κ2) is 7.62. The van der Waals surface area contributed by atoms with Crippen molar-refractivity contribution >= 4 is 23.6 Å². The minimum atomic E-state index is -2.31. The summed E-state index contributed by atoms with van der Waals surface area (Å²) in [5, 5.41) is 45.4. The fourth-order valence-corrected chi connectivity index (χ4v) is 4.47. The van der Waals surface area contributed by atoms with E-state index in [1.165, 1.54) is 11.8 Å². The van der Waals surface area contributed by atoms with Gasteiger partial charge in [0.2, 0.25) is 5.72 Å². The fourth-order valence-electron chi connectivity index (χ4n) is 3.32. The number of carbonyl (C=O) groups excluding carboxylic acids is 2. The molecular formula is C18H24N2O7S. The topological polar surface area (TPSA) is 148 Å². The molecule has 3 heterocycles. The first kappa shape index (κ1) is 21.0. The van der Waals surface area contributed by atoms with Crippen molar-refractivity contribution in [2.24, 2.45) is 5.92 Å². The van der Waals surface area contributed by atoms with Crippen LogP contribution < -0.4 is 10.6 Å². The molecule has 1 aromatic carbocycles. The number of amides is 2. The van der Waals surface area contributed by atoms with Crippen LogP contribution in [0.15, 0.2) is 35.2 Å². The molecule has 0 radical (unpaired) electrons. The number of hydrogen-bond acceptors (Lipinski definition) is 8. The Hall–Kier alpha value is -1.69. The van der Waals surface area contributed by atoms with Crippen LogP contribution in [-0.4, -0.2) is 74.4 Å². The van der Waals surface area contributed by atoms with Gasteiger partial charge in [-0.2, -0.15) is 0 Å². The highest BCUT2D eigenvalue weighted by Crippen LogP contribution is 2.36. The Labute approximate surface area is 166 Å². The lowest BCUT2D eigenvalue weighted by molar-refractivity contribution is -0.240. The lowest BCUT2D eigenvalue weighted by Gasteiger charge is -2.51. The van der Waals surface area contributed by atoms with E-state index in [0.717, 1.165) is 11.8 Å². The van der Waals surface area contributed by atoms with Gasteiger partial charge in [0.05, 0.1) is 13.2 Å². The molecule has 2 amide bonds. The predicted molar refractivity (Wildman–Crippen MR) is 98.9 cm³/mol. The molecule has 3 aliphatic heterocycles. The molecule has 9 nitrogen and oxygen atoms in total. The molecule has 5 atom stereocenters. The van der Waals surface area contributed by atoms with E-state index in [1.54, 1.807) is 0 Å². The lowest BCUT2D eigenvalue weighted by atomic mass is 9.83. The van der Waals surface area contributed by atoms with Crippen molar-refractivity contribution < 1.29 is 34.8 Å². The van der Waals surface area contributed by atoms with Crippen molar-refractivity contribution in [1.82, 2.24) is 10.6 Å². The molecule has 6 N–H and O–H groups in total. The van der Waals surface area contributed by atoms with Gasteiger partial charge in [0.15, 0.2) is 0 Å². The third-order valence-electron chi connectivity index (χ3n) is 5.16. The van der Waals surface area contributed by atoms with Crippen molar-refractivity contribution in [1.29, 1.82) is 0 Å². The van der Waals surface area contributed by atoms with Gasteiger partial charge < -0.3 is 35.8 Å². The summed E-state index contributed by atoms with van der Waals surface area (Å²) >= 11 is 1.43. The largest absolute Gasteiger partial charge is 0.393 e. The number of fused-ring (bicyclic) bond motifs is 5. The maximum Gasteiger partial charge on any atom is 0.278 e. The Morgan fingerprint density at radius 2 is 1.96 bits per heavy atom. The molecule has 3 fully saturated rings. The van der Waals surface area contributed by atoms with Crippen molar-refractivity contribution in [3.8, 4) is 0 Å². The van der Waals surface area contributed by atoms with E-state index in [1.807, 2.05) is 30.3 Å². The molecule has 0 saturated carbocycles. The number of nitrogens with one attached hydrogen (secondary N) is 2. The molecule has 1 unspecified atom stereocenters. The average Bonchev–Trinajstić information content (AvgIpc) is 2.67. The number of carbonyl (C=O) groups is 2. The van der Waals surface area contributed by atoms with Crippen LogP contribution in [-0.2, 0) is 14.3 Å². The molecule has 154 valence electrons. The summed E-state index contributed by atoms with van der Waals surface area (Å²) in [4.78, 5) is 26.4. The summed E-state index contributed by atoms with van der Waals surface area (Å²) in [5.74, 6) is -2.26. The summed E-state index contributed by atoms with van der Waals surface area (Å²) in [6, 6.07) is 9.41. The third kappa shape index (κ3) is 3.51. The number of hydrogen-bond donors (Lipinski definition) is 6. The molecule has 0 aliphatic carbocycles. The molecule has 10 heteroatoms. The first-order valence-electron chi connectivity index (χ1n) is 8.86. The van der Waals surface area contributed by atoms with Crippen LogP contribution in [0.1, 0.15) is 13.3 Å². The zero-order chi connectivity index (χ0) is 20.6. The van der Waals surface area contributed by atoms with E-state index in [4.69, 9.17) is 4.74 Å². The van der Waals surface area contributed by atoms with Gasteiger partial charge in [-0.05, 0) is 25.5 Å². The monoisotopic (exact) mass is 412 g/mol. The first-order valence-corrected chi connectivity index (χ1v) is 9.85. The Kier molecular flexibility index (Phi) is 5.72. The van der Waals surface area contributed by atoms with Gasteiger partial charge in [-0.15, -0.1) is 11.8 Å². The highest BCUT2D eigenvalue weighted by atomic mass is 32.2. The Morgan fingerprint density at radius 1 is 1.29 bits per heavy atom. The van der Waals surface area contributed by atoms with Gasteiger partial charge in [0.25, 0.3) is 17.5 Å². The number of aliphatic hydroxyl groups is 4. The lowest BCUT2D eigenvalue weighted by Crippen LogP contribution is -2.83. The molecule has 1 aromatic rings. The van der Waals surface area contributed by atoms with Gasteiger partial charge in [-0.25, -0.2) is 0 Å². The molecule has 3 aliphatic rings. The molecule has 0 aromatic heterocycles. The van der Waals surface area contributed by atoms with E-state index in [9.17, 15) is 30.0 Å². The Morgan fingerprint density at radius 3 is 2.61 bits per heavy atom. The minimum absolute atomic E-state index is 0.0609. The number of rotatable bonds is 6. The second-order valence-electron chi connectivity index (χ2n) is 7.29. The minimum Gasteiger partial charge on any atom is -0.393 e. The van der Waals surface area contributed by atoms with Gasteiger partial charge >= 0.3 is 0 Å². The van der Waals surface area contributed by atoms with Crippen LogP contribution in [0.5, 0.6) is 0 Å². The van der Waals surface area contributed by atoms with Gasteiger partial charge in [0, 0.05) is 16.6 Å². The smallest absolute Gasteiger partial charge is 0.278 e. The Bertz CT molecular complexity index is 747. The third-order valence-corrected chi connectivity index (χ3v) is 6.34. The quantitative estimate of drug-likeness (QED) is 0.311. The van der Waals surface area contributed by atoms with Crippen molar-refractivity contribution in [2.75, 3.05) is 19.0 Å². The second-order valence-corrected chi connectivity index (χ2v) is 8.38. The van der Waals surface area contributed by atoms with Crippen LogP contribution >= 0.6 is 11.8 Å². The summed E-state index contributed by atoms with van der Waals surface area (Å²) in [5.41, 5.74) is -6.62. The van der Waals surface area contributed by atoms with E-state index >= 15 is 0 Å². The molecular weight excluding hydrogens is 388 g/mol. The summed E-state index contributed by atoms with van der Waals surface area (Å²) in [6.07, 6.45) is -1.74. The summed E-state index contributed by atoms with van der Waals surface area (Å²) in [6.45, 7) is 0.172. The van der Waals surface area contributed by atoms with Crippen molar-refractivity contribution in [2.45, 2.75) is 41.4 Å². The van der Waals surface area contributed by atoms with Crippen LogP contribution in [0.2, 0.25) is 0 Å². The van der Waals surface area contributed by atoms with E-state index < -0.39 is 47.5 Å². The van der Waals surface area contributed by atoms with Crippen LogP contribution in [0.3, 0.4) is 0 Å². The predicted octanol–water partition coefficient (Wildman–Crippen LogP) is -1.45. The molecule has 4 rings (SSSR count). The van der Waals surface area contributed by atoms with E-state index in [2.05, 4.69) is 10.6 Å². The van der Waals surface area contributed by atoms with Crippen LogP contribution in [0.25, 0.3) is 0 Å². The maximum atomic E-state index is 12.8. The van der Waals surface area contributed by atoms with Crippen LogP contribution in [0, 0.1) is 5.92 Å². The van der Waals surface area contributed by atoms with Gasteiger partial charge in [-0.1, -0.05) is 18.2 Å². The molecule has 2 bridgehead atoms. The first-order chi connectivity index (χ1) is 13.2. The standard InChI is InChI=1S/C18H24N2O7S/c1-16(25,10-21)13(22)18-15(24)19-17(26,14(23)20-18)11(7-8-27-18)9-28-12-5-3-2-4-6-12/h2-6,11,13,21-22,25-26H,7-10H2,1H3,(H,19,24)(H,20,23)/t11?,13-,16-,17+,18-/m0/s1. The highest BCUT2D eigenvalue weighted by Gasteiger charge is 2.64. The summed E-state index contributed by atoms with van der Waals surface area (Å²) < 4.78 is 5.53. The van der Waals surface area contributed by atoms with Gasteiger partial charge in [0.1, 0.15) is 11.7 Å². The highest BCUT2D eigenvalue weighted by molar-refractivity contribution is 7.99.